The van der Waals surface area contributed by atoms with E-state index in [0.717, 1.165) is 38.9 Å². The van der Waals surface area contributed by atoms with Gasteiger partial charge in [0.15, 0.2) is 0 Å². The minimum Gasteiger partial charge on any atom is -0.396 e. The molecule has 1 saturated heterocycles. The van der Waals surface area contributed by atoms with Crippen molar-refractivity contribution in [1.82, 2.24) is 4.90 Å². The van der Waals surface area contributed by atoms with Crippen molar-refractivity contribution in [3.8, 4) is 0 Å². The molecule has 2 fully saturated rings. The molecule has 3 heteroatoms. The van der Waals surface area contributed by atoms with E-state index in [9.17, 15) is 4.39 Å². The molecular weight excluding hydrogens is 169 g/mol. The number of alkyl halides is 1. The van der Waals surface area contributed by atoms with E-state index in [0.29, 0.717) is 0 Å². The van der Waals surface area contributed by atoms with Gasteiger partial charge in [-0.1, -0.05) is 0 Å². The summed E-state index contributed by atoms with van der Waals surface area (Å²) in [4.78, 5) is 2.31. The van der Waals surface area contributed by atoms with E-state index in [1.807, 2.05) is 0 Å². The topological polar surface area (TPSA) is 23.5 Å². The van der Waals surface area contributed by atoms with E-state index < -0.39 is 6.17 Å². The Morgan fingerprint density at radius 3 is 2.38 bits per heavy atom. The van der Waals surface area contributed by atoms with Crippen LogP contribution in [0.5, 0.6) is 0 Å². The van der Waals surface area contributed by atoms with E-state index in [4.69, 9.17) is 5.11 Å². The highest BCUT2D eigenvalue weighted by Gasteiger charge is 2.41. The van der Waals surface area contributed by atoms with Crippen molar-refractivity contribution in [2.24, 2.45) is 11.8 Å². The number of hydrogen-bond donors (Lipinski definition) is 1. The van der Waals surface area contributed by atoms with Crippen molar-refractivity contribution < 1.29 is 9.50 Å². The van der Waals surface area contributed by atoms with Crippen LogP contribution in [0.3, 0.4) is 0 Å². The van der Waals surface area contributed by atoms with Gasteiger partial charge >= 0.3 is 0 Å². The fourth-order valence-electron chi connectivity index (χ4n) is 2.73. The highest BCUT2D eigenvalue weighted by Crippen LogP contribution is 2.38. The van der Waals surface area contributed by atoms with Gasteiger partial charge in [0.05, 0.1) is 0 Å². The Hall–Kier alpha value is -0.150. The highest BCUT2D eigenvalue weighted by molar-refractivity contribution is 4.92. The molecule has 13 heavy (non-hydrogen) atoms. The summed E-state index contributed by atoms with van der Waals surface area (Å²) >= 11 is 0. The number of fused-ring (bicyclic) bond motifs is 2. The predicted octanol–water partition coefficient (Wildman–Crippen LogP) is 1.05. The molecule has 0 spiro atoms. The number of hydrogen-bond acceptors (Lipinski definition) is 2. The summed E-state index contributed by atoms with van der Waals surface area (Å²) in [6.45, 7) is 3.02. The van der Waals surface area contributed by atoms with Gasteiger partial charge in [-0.15, -0.1) is 0 Å². The third-order valence-corrected chi connectivity index (χ3v) is 3.43. The summed E-state index contributed by atoms with van der Waals surface area (Å²) in [6, 6.07) is 0. The van der Waals surface area contributed by atoms with Crippen molar-refractivity contribution >= 4 is 0 Å². The lowest BCUT2D eigenvalue weighted by molar-refractivity contribution is 0.0738. The first-order chi connectivity index (χ1) is 6.31. The molecule has 1 aliphatic heterocycles. The lowest BCUT2D eigenvalue weighted by Gasteiger charge is -2.34. The third-order valence-electron chi connectivity index (χ3n) is 3.43. The standard InChI is InChI=1S/C10H18FNO/c11-10-8-2-3-9(10)7-12(6-8)4-1-5-13/h8-10,13H,1-7H2. The molecule has 76 valence electrons. The largest absolute Gasteiger partial charge is 0.396 e. The van der Waals surface area contributed by atoms with Crippen molar-refractivity contribution in [3.05, 3.63) is 0 Å². The van der Waals surface area contributed by atoms with E-state index in [-0.39, 0.29) is 18.4 Å². The van der Waals surface area contributed by atoms with Crippen LogP contribution in [0.2, 0.25) is 0 Å². The second kappa shape index (κ2) is 3.93. The molecule has 0 amide bonds. The number of likely N-dealkylation sites (tertiary alicyclic amines) is 1. The van der Waals surface area contributed by atoms with Crippen molar-refractivity contribution in [2.45, 2.75) is 25.4 Å². The molecule has 2 rings (SSSR count). The zero-order valence-electron chi connectivity index (χ0n) is 7.95. The molecule has 2 aliphatic rings. The van der Waals surface area contributed by atoms with Crippen molar-refractivity contribution in [3.63, 3.8) is 0 Å². The molecule has 0 aromatic carbocycles. The lowest BCUT2D eigenvalue weighted by Crippen LogP contribution is -2.43. The first-order valence-corrected chi connectivity index (χ1v) is 5.28. The Morgan fingerprint density at radius 2 is 1.85 bits per heavy atom. The average molecular weight is 187 g/mol. The van der Waals surface area contributed by atoms with Crippen LogP contribution in [-0.2, 0) is 0 Å². The van der Waals surface area contributed by atoms with Crippen LogP contribution in [0.25, 0.3) is 0 Å². The highest BCUT2D eigenvalue weighted by atomic mass is 19.1. The number of aliphatic hydroxyl groups excluding tert-OH is 1. The molecule has 1 aliphatic carbocycles. The first kappa shape index (κ1) is 9.41. The average Bonchev–Trinajstić information content (AvgIpc) is 2.41. The number of rotatable bonds is 3. The molecular formula is C10H18FNO. The molecule has 2 atom stereocenters. The van der Waals surface area contributed by atoms with Gasteiger partial charge < -0.3 is 10.0 Å². The Labute approximate surface area is 78.7 Å². The van der Waals surface area contributed by atoms with Gasteiger partial charge in [0.25, 0.3) is 0 Å². The van der Waals surface area contributed by atoms with Crippen LogP contribution in [-0.4, -0.2) is 42.4 Å². The van der Waals surface area contributed by atoms with Crippen molar-refractivity contribution in [2.75, 3.05) is 26.2 Å². The molecule has 1 N–H and O–H groups in total. The lowest BCUT2D eigenvalue weighted by atomic mass is 9.96. The van der Waals surface area contributed by atoms with Crippen LogP contribution in [0.15, 0.2) is 0 Å². The van der Waals surface area contributed by atoms with Gasteiger partial charge in [-0.25, -0.2) is 4.39 Å². The Balaban J connectivity index is 1.84. The van der Waals surface area contributed by atoms with E-state index in [1.54, 1.807) is 0 Å². The smallest absolute Gasteiger partial charge is 0.108 e. The maximum absolute atomic E-state index is 13.5. The van der Waals surface area contributed by atoms with Crippen molar-refractivity contribution in [1.29, 1.82) is 0 Å². The van der Waals surface area contributed by atoms with E-state index in [1.165, 1.54) is 0 Å². The van der Waals surface area contributed by atoms with Crippen LogP contribution < -0.4 is 0 Å². The molecule has 0 radical (unpaired) electrons. The Morgan fingerprint density at radius 1 is 1.23 bits per heavy atom. The minimum atomic E-state index is -0.537. The predicted molar refractivity (Wildman–Crippen MR) is 49.3 cm³/mol. The van der Waals surface area contributed by atoms with Crippen LogP contribution in [0.1, 0.15) is 19.3 Å². The summed E-state index contributed by atoms with van der Waals surface area (Å²) in [5.41, 5.74) is 0. The maximum atomic E-state index is 13.5. The molecule has 2 unspecified atom stereocenters. The number of halogens is 1. The number of piperidine rings is 1. The van der Waals surface area contributed by atoms with Gasteiger partial charge in [-0.2, -0.15) is 0 Å². The Bertz CT molecular complexity index is 162. The van der Waals surface area contributed by atoms with Crippen LogP contribution in [0, 0.1) is 11.8 Å². The van der Waals surface area contributed by atoms with Gasteiger partial charge in [0.1, 0.15) is 6.17 Å². The first-order valence-electron chi connectivity index (χ1n) is 5.28. The fraction of sp³-hybridized carbons (Fsp3) is 1.00. The van der Waals surface area contributed by atoms with Gasteiger partial charge in [0.2, 0.25) is 0 Å². The van der Waals surface area contributed by atoms with Gasteiger partial charge in [0, 0.05) is 38.1 Å². The zero-order valence-corrected chi connectivity index (χ0v) is 7.95. The van der Waals surface area contributed by atoms with Gasteiger partial charge in [-0.3, -0.25) is 0 Å². The number of aliphatic hydroxyl groups is 1. The molecule has 2 nitrogen and oxygen atoms in total. The molecule has 2 bridgehead atoms. The summed E-state index contributed by atoms with van der Waals surface area (Å²) in [5, 5.41) is 8.70. The molecule has 1 saturated carbocycles. The SMILES string of the molecule is OCCCN1CC2CCC(C1)C2F. The third kappa shape index (κ3) is 1.86. The second-order valence-corrected chi connectivity index (χ2v) is 4.38. The van der Waals surface area contributed by atoms with Gasteiger partial charge in [-0.05, 0) is 19.3 Å². The monoisotopic (exact) mass is 187 g/mol. The summed E-state index contributed by atoms with van der Waals surface area (Å²) in [7, 11) is 0. The summed E-state index contributed by atoms with van der Waals surface area (Å²) < 4.78 is 13.5. The Kier molecular flexibility index (Phi) is 2.84. The maximum Gasteiger partial charge on any atom is 0.108 e. The fourth-order valence-corrected chi connectivity index (χ4v) is 2.73. The summed E-state index contributed by atoms with van der Waals surface area (Å²) in [6.07, 6.45) is 2.43. The normalized spacial score (nSPS) is 39.7. The quantitative estimate of drug-likeness (QED) is 0.714. The summed E-state index contributed by atoms with van der Waals surface area (Å²) in [5.74, 6) is 0.579. The molecule has 0 aromatic rings. The molecule has 0 aromatic heterocycles. The van der Waals surface area contributed by atoms with Crippen LogP contribution in [0.4, 0.5) is 4.39 Å². The second-order valence-electron chi connectivity index (χ2n) is 4.38. The van der Waals surface area contributed by atoms with Crippen LogP contribution >= 0.6 is 0 Å². The number of nitrogens with zero attached hydrogens (tertiary/aromatic N) is 1. The van der Waals surface area contributed by atoms with E-state index in [2.05, 4.69) is 4.90 Å². The molecule has 1 heterocycles. The zero-order chi connectivity index (χ0) is 9.26. The minimum absolute atomic E-state index is 0.255. The van der Waals surface area contributed by atoms with E-state index >= 15 is 0 Å².